The van der Waals surface area contributed by atoms with Crippen LogP contribution in [0.5, 0.6) is 0 Å². The van der Waals surface area contributed by atoms with Crippen LogP contribution in [0.2, 0.25) is 0 Å². The molecule has 0 saturated heterocycles. The molecule has 0 bridgehead atoms. The molecule has 0 radical (unpaired) electrons. The second kappa shape index (κ2) is 5.60. The molecule has 5 rings (SSSR count). The lowest BCUT2D eigenvalue weighted by Crippen LogP contribution is -2.58. The molecule has 28 heavy (non-hydrogen) atoms. The van der Waals surface area contributed by atoms with Crippen molar-refractivity contribution in [2.75, 3.05) is 0 Å². The van der Waals surface area contributed by atoms with Crippen molar-refractivity contribution < 1.29 is 18.6 Å². The van der Waals surface area contributed by atoms with Crippen LogP contribution in [-0.4, -0.2) is 28.3 Å². The number of alkyl halides is 2. The Morgan fingerprint density at radius 3 is 2.29 bits per heavy atom. The molecule has 2 nitrogen and oxygen atoms in total. The molecule has 5 aliphatic carbocycles. The number of aliphatic hydroxyl groups is 1. The third kappa shape index (κ3) is 2.37. The maximum Gasteiger partial charge on any atom is 0.295 e. The smallest absolute Gasteiger partial charge is 0.295 e. The van der Waals surface area contributed by atoms with E-state index in [1.807, 2.05) is 6.08 Å². The van der Waals surface area contributed by atoms with Crippen LogP contribution in [0.3, 0.4) is 0 Å². The number of hydrogen-bond donors (Lipinski definition) is 1. The van der Waals surface area contributed by atoms with Gasteiger partial charge in [0.1, 0.15) is 6.10 Å². The van der Waals surface area contributed by atoms with Crippen molar-refractivity contribution in [3.8, 4) is 0 Å². The Kier molecular flexibility index (Phi) is 3.90. The number of halogens is 2. The van der Waals surface area contributed by atoms with Gasteiger partial charge >= 0.3 is 0 Å². The first-order valence-corrected chi connectivity index (χ1v) is 11.4. The largest absolute Gasteiger partial charge is 0.386 e. The van der Waals surface area contributed by atoms with Crippen molar-refractivity contribution in [1.82, 2.24) is 0 Å². The van der Waals surface area contributed by atoms with Gasteiger partial charge in [0.25, 0.3) is 5.92 Å². The van der Waals surface area contributed by atoms with Gasteiger partial charge in [-0.15, -0.1) is 0 Å². The van der Waals surface area contributed by atoms with Crippen LogP contribution in [-0.2, 0) is 4.74 Å². The molecule has 4 fully saturated rings. The van der Waals surface area contributed by atoms with E-state index >= 15 is 0 Å². The first-order valence-electron chi connectivity index (χ1n) is 11.4. The Hall–Kier alpha value is -0.480. The zero-order valence-corrected chi connectivity index (χ0v) is 17.9. The highest BCUT2D eigenvalue weighted by Crippen LogP contribution is 2.69. The lowest BCUT2D eigenvalue weighted by atomic mass is 9.46. The minimum Gasteiger partial charge on any atom is -0.386 e. The number of aliphatic hydroxyl groups excluding tert-OH is 1. The van der Waals surface area contributed by atoms with E-state index in [0.29, 0.717) is 24.2 Å². The Labute approximate surface area is 168 Å². The fraction of sp³-hybridized carbons (Fsp3) is 0.917. The van der Waals surface area contributed by atoms with Crippen molar-refractivity contribution in [1.29, 1.82) is 0 Å². The maximum atomic E-state index is 14.9. The van der Waals surface area contributed by atoms with E-state index < -0.39 is 17.4 Å². The Bertz CT molecular complexity index is 713. The number of rotatable bonds is 2. The summed E-state index contributed by atoms with van der Waals surface area (Å²) in [7, 11) is 0. The van der Waals surface area contributed by atoms with Crippen LogP contribution in [0.1, 0.15) is 85.5 Å². The van der Waals surface area contributed by atoms with Crippen LogP contribution in [0.4, 0.5) is 8.78 Å². The van der Waals surface area contributed by atoms with Gasteiger partial charge in [0.2, 0.25) is 0 Å². The van der Waals surface area contributed by atoms with E-state index in [1.54, 1.807) is 0 Å². The van der Waals surface area contributed by atoms with Gasteiger partial charge in [0.15, 0.2) is 0 Å². The van der Waals surface area contributed by atoms with Crippen molar-refractivity contribution in [3.63, 3.8) is 0 Å². The summed E-state index contributed by atoms with van der Waals surface area (Å²) >= 11 is 0. The molecule has 4 saturated carbocycles. The molecule has 4 heteroatoms. The topological polar surface area (TPSA) is 29.5 Å². The molecular formula is C24H36F2O2. The molecule has 0 aromatic carbocycles. The number of allylic oxidation sites excluding steroid dienone is 1. The summed E-state index contributed by atoms with van der Waals surface area (Å²) in [5.74, 6) is -1.74. The number of fused-ring (bicyclic) bond motifs is 5. The minimum absolute atomic E-state index is 0.0662. The van der Waals surface area contributed by atoms with Gasteiger partial charge in [0, 0.05) is 5.57 Å². The van der Waals surface area contributed by atoms with E-state index in [0.717, 1.165) is 44.9 Å². The fourth-order valence-electron chi connectivity index (χ4n) is 7.94. The normalized spacial score (nSPS) is 53.6. The van der Waals surface area contributed by atoms with E-state index in [4.69, 9.17) is 4.74 Å². The molecule has 1 N–H and O–H groups in total. The van der Waals surface area contributed by atoms with Crippen LogP contribution in [0.25, 0.3) is 0 Å². The third-order valence-corrected chi connectivity index (χ3v) is 10.1. The van der Waals surface area contributed by atoms with Crippen molar-refractivity contribution in [2.45, 2.75) is 109 Å². The van der Waals surface area contributed by atoms with Crippen LogP contribution >= 0.6 is 0 Å². The predicted molar refractivity (Wildman–Crippen MR) is 105 cm³/mol. The zero-order valence-electron chi connectivity index (χ0n) is 17.9. The van der Waals surface area contributed by atoms with Gasteiger partial charge in [0.05, 0.1) is 11.2 Å². The molecule has 0 amide bonds. The Balaban J connectivity index is 1.48. The van der Waals surface area contributed by atoms with Crippen LogP contribution in [0.15, 0.2) is 11.6 Å². The van der Waals surface area contributed by atoms with E-state index in [9.17, 15) is 13.9 Å². The highest BCUT2D eigenvalue weighted by Gasteiger charge is 2.67. The molecular weight excluding hydrogens is 358 g/mol. The molecule has 0 spiro atoms. The molecule has 0 unspecified atom stereocenters. The lowest BCUT2D eigenvalue weighted by Gasteiger charge is -2.60. The van der Waals surface area contributed by atoms with Gasteiger partial charge in [-0.3, -0.25) is 0 Å². The molecule has 0 aromatic heterocycles. The standard InChI is InChI=1S/C24H36F2O2/c1-20(13-14-20)28-23(4)12-8-17-15-5-6-18-21(2,10-9-19(27)24(18,25)26)16(15)7-11-22(17,23)3/h6,15-17,19,27H,5,7-14H2,1-4H3/t15-,16+,17+,19+,21-,22+,23+/m1/s1. The van der Waals surface area contributed by atoms with Crippen LogP contribution in [0, 0.1) is 28.6 Å². The molecule has 5 aliphatic rings. The monoisotopic (exact) mass is 394 g/mol. The van der Waals surface area contributed by atoms with Gasteiger partial charge in [-0.1, -0.05) is 19.9 Å². The van der Waals surface area contributed by atoms with E-state index in [2.05, 4.69) is 27.7 Å². The fourth-order valence-corrected chi connectivity index (χ4v) is 7.94. The SMILES string of the molecule is CC1(O[C@@]2(C)CC[C@H]3[C@@H]4CC=C5C(F)(F)[C@@H](O)CC[C@]5(C)[C@H]4CC[C@@]32C)CC1. The van der Waals surface area contributed by atoms with Crippen molar-refractivity contribution >= 4 is 0 Å². The maximum absolute atomic E-state index is 14.9. The third-order valence-electron chi connectivity index (χ3n) is 10.1. The molecule has 0 heterocycles. The average molecular weight is 395 g/mol. The summed E-state index contributed by atoms with van der Waals surface area (Å²) < 4.78 is 36.5. The van der Waals surface area contributed by atoms with Crippen molar-refractivity contribution in [2.24, 2.45) is 28.6 Å². The highest BCUT2D eigenvalue weighted by molar-refractivity contribution is 5.32. The second-order valence-electron chi connectivity index (χ2n) is 11.6. The average Bonchev–Trinajstić information content (AvgIpc) is 3.27. The summed E-state index contributed by atoms with van der Waals surface area (Å²) in [5.41, 5.74) is -0.110. The summed E-state index contributed by atoms with van der Waals surface area (Å²) in [6.07, 6.45) is 8.61. The first kappa shape index (κ1) is 19.5. The second-order valence-corrected chi connectivity index (χ2v) is 11.6. The van der Waals surface area contributed by atoms with E-state index in [1.165, 1.54) is 0 Å². The Morgan fingerprint density at radius 2 is 1.61 bits per heavy atom. The summed E-state index contributed by atoms with van der Waals surface area (Å²) in [5, 5.41) is 9.95. The molecule has 158 valence electrons. The molecule has 0 aromatic rings. The van der Waals surface area contributed by atoms with Gasteiger partial charge in [-0.2, -0.15) is 8.78 Å². The summed E-state index contributed by atoms with van der Waals surface area (Å²) in [6.45, 7) is 9.06. The first-order chi connectivity index (χ1) is 13.0. The minimum atomic E-state index is -3.06. The zero-order chi connectivity index (χ0) is 20.2. The molecule has 0 aliphatic heterocycles. The summed E-state index contributed by atoms with van der Waals surface area (Å²) in [6, 6.07) is 0. The number of ether oxygens (including phenoxy) is 1. The summed E-state index contributed by atoms with van der Waals surface area (Å²) in [4.78, 5) is 0. The Morgan fingerprint density at radius 1 is 0.929 bits per heavy atom. The number of hydrogen-bond acceptors (Lipinski definition) is 2. The van der Waals surface area contributed by atoms with Crippen LogP contribution < -0.4 is 0 Å². The van der Waals surface area contributed by atoms with Gasteiger partial charge in [-0.05, 0) is 100 Å². The van der Waals surface area contributed by atoms with E-state index in [-0.39, 0.29) is 28.6 Å². The lowest BCUT2D eigenvalue weighted by molar-refractivity contribution is -0.184. The molecule has 7 atom stereocenters. The van der Waals surface area contributed by atoms with Crippen molar-refractivity contribution in [3.05, 3.63) is 11.6 Å². The quantitative estimate of drug-likeness (QED) is 0.592. The highest BCUT2D eigenvalue weighted by atomic mass is 19.3. The van der Waals surface area contributed by atoms with Gasteiger partial charge < -0.3 is 9.84 Å². The predicted octanol–water partition coefficient (Wildman–Crippen LogP) is 5.88. The van der Waals surface area contributed by atoms with Gasteiger partial charge in [-0.25, -0.2) is 0 Å².